The Morgan fingerprint density at radius 1 is 0.731 bits per heavy atom. The molecule has 0 aliphatic heterocycles. The normalized spacial score (nSPS) is 18.0. The second-order valence-electron chi connectivity index (χ2n) is 7.71. The molecule has 1 aliphatic carbocycles. The minimum Gasteiger partial charge on any atom is -0.507 e. The van der Waals surface area contributed by atoms with Crippen molar-refractivity contribution >= 4 is 15.9 Å². The van der Waals surface area contributed by atoms with Crippen molar-refractivity contribution < 1.29 is 5.11 Å². The Morgan fingerprint density at radius 2 is 1.27 bits per heavy atom. The summed E-state index contributed by atoms with van der Waals surface area (Å²) in [5, 5.41) is 11.1. The Labute approximate surface area is 167 Å². The van der Waals surface area contributed by atoms with E-state index in [0.717, 1.165) is 21.2 Å². The summed E-state index contributed by atoms with van der Waals surface area (Å²) in [6.45, 7) is 0. The number of halogens is 1. The summed E-state index contributed by atoms with van der Waals surface area (Å²) in [6, 6.07) is 14.4. The molecule has 1 saturated carbocycles. The van der Waals surface area contributed by atoms with Crippen molar-refractivity contribution in [3.05, 3.63) is 52.5 Å². The summed E-state index contributed by atoms with van der Waals surface area (Å²) < 4.78 is 1.07. The molecule has 1 fully saturated rings. The molecule has 0 heterocycles. The molecule has 1 nitrogen and oxygen atoms in total. The second kappa shape index (κ2) is 10.2. The van der Waals surface area contributed by atoms with E-state index < -0.39 is 0 Å². The Hall–Kier alpha value is -1.28. The summed E-state index contributed by atoms with van der Waals surface area (Å²) >= 11 is 3.69. The largest absolute Gasteiger partial charge is 0.507 e. The van der Waals surface area contributed by atoms with Crippen LogP contribution in [0.15, 0.2) is 46.9 Å². The highest BCUT2D eigenvalue weighted by Crippen LogP contribution is 2.42. The smallest absolute Gasteiger partial charge is 0.126 e. The molecule has 3 rings (SSSR count). The molecule has 2 aromatic rings. The number of rotatable bonds is 2. The van der Waals surface area contributed by atoms with Gasteiger partial charge < -0.3 is 5.11 Å². The van der Waals surface area contributed by atoms with E-state index in [1.54, 1.807) is 0 Å². The summed E-state index contributed by atoms with van der Waals surface area (Å²) in [6.07, 6.45) is 14.5. The standard InChI is InChI=1S/C24H31BrO/c25-21-17-22(24(26)23(18-21)20-15-11-8-12-16-20)19-13-9-6-4-2-1-3-5-7-10-14-19/h8,11-12,15-19,26H,1-7,9-10,13-14H2. The van der Waals surface area contributed by atoms with Crippen molar-refractivity contribution in [1.29, 1.82) is 0 Å². The number of benzene rings is 2. The fraction of sp³-hybridized carbons (Fsp3) is 0.500. The van der Waals surface area contributed by atoms with E-state index in [1.807, 2.05) is 24.3 Å². The van der Waals surface area contributed by atoms with Gasteiger partial charge in [-0.15, -0.1) is 0 Å². The molecule has 0 bridgehead atoms. The van der Waals surface area contributed by atoms with Crippen LogP contribution in [-0.2, 0) is 0 Å². The maximum absolute atomic E-state index is 11.1. The lowest BCUT2D eigenvalue weighted by Crippen LogP contribution is -2.02. The third kappa shape index (κ3) is 5.36. The number of aromatic hydroxyl groups is 1. The van der Waals surface area contributed by atoms with E-state index in [4.69, 9.17) is 0 Å². The van der Waals surface area contributed by atoms with Crippen molar-refractivity contribution in [3.63, 3.8) is 0 Å². The van der Waals surface area contributed by atoms with E-state index in [1.165, 1.54) is 70.6 Å². The zero-order valence-electron chi connectivity index (χ0n) is 15.7. The van der Waals surface area contributed by atoms with Gasteiger partial charge in [-0.1, -0.05) is 104 Å². The van der Waals surface area contributed by atoms with Gasteiger partial charge in [0.1, 0.15) is 5.75 Å². The lowest BCUT2D eigenvalue weighted by molar-refractivity contribution is 0.434. The van der Waals surface area contributed by atoms with E-state index in [2.05, 4.69) is 34.1 Å². The predicted octanol–water partition coefficient (Wildman–Crippen LogP) is 8.21. The third-order valence-electron chi connectivity index (χ3n) is 5.73. The highest BCUT2D eigenvalue weighted by Gasteiger charge is 2.19. The van der Waals surface area contributed by atoms with Crippen LogP contribution in [0.25, 0.3) is 11.1 Å². The number of hydrogen-bond acceptors (Lipinski definition) is 1. The third-order valence-corrected chi connectivity index (χ3v) is 6.19. The van der Waals surface area contributed by atoms with Gasteiger partial charge in [-0.25, -0.2) is 0 Å². The molecule has 0 unspecified atom stereocenters. The van der Waals surface area contributed by atoms with E-state index in [-0.39, 0.29) is 0 Å². The molecule has 0 spiro atoms. The monoisotopic (exact) mass is 414 g/mol. The first-order valence-electron chi connectivity index (χ1n) is 10.3. The van der Waals surface area contributed by atoms with Crippen LogP contribution in [0.4, 0.5) is 0 Å². The molecule has 140 valence electrons. The molecule has 1 aliphatic rings. The summed E-state index contributed by atoms with van der Waals surface area (Å²) in [5.41, 5.74) is 3.16. The summed E-state index contributed by atoms with van der Waals surface area (Å²) in [5.74, 6) is 0.950. The molecule has 0 atom stereocenters. The van der Waals surface area contributed by atoms with Crippen LogP contribution in [0, 0.1) is 0 Å². The van der Waals surface area contributed by atoms with Crippen molar-refractivity contribution in [1.82, 2.24) is 0 Å². The maximum atomic E-state index is 11.1. The van der Waals surface area contributed by atoms with E-state index in [0.29, 0.717) is 11.7 Å². The SMILES string of the molecule is Oc1c(-c2ccccc2)cc(Br)cc1C1CCCCCCCCCCC1. The van der Waals surface area contributed by atoms with Crippen molar-refractivity contribution in [3.8, 4) is 16.9 Å². The minimum atomic E-state index is 0.467. The predicted molar refractivity (Wildman–Crippen MR) is 115 cm³/mol. The molecule has 0 aromatic heterocycles. The quantitative estimate of drug-likeness (QED) is 0.524. The molecule has 26 heavy (non-hydrogen) atoms. The van der Waals surface area contributed by atoms with Gasteiger partial charge in [0.15, 0.2) is 0 Å². The van der Waals surface area contributed by atoms with Gasteiger partial charge in [-0.2, -0.15) is 0 Å². The number of hydrogen-bond donors (Lipinski definition) is 1. The van der Waals surface area contributed by atoms with Gasteiger partial charge in [-0.05, 0) is 42.0 Å². The molecule has 2 aromatic carbocycles. The lowest BCUT2D eigenvalue weighted by Gasteiger charge is -2.21. The van der Waals surface area contributed by atoms with Crippen molar-refractivity contribution in [2.24, 2.45) is 0 Å². The first-order valence-corrected chi connectivity index (χ1v) is 11.1. The van der Waals surface area contributed by atoms with E-state index in [9.17, 15) is 5.11 Å². The fourth-order valence-corrected chi connectivity index (χ4v) is 4.72. The molecule has 0 saturated heterocycles. The van der Waals surface area contributed by atoms with Gasteiger partial charge in [0, 0.05) is 10.0 Å². The average Bonchev–Trinajstić information content (AvgIpc) is 2.65. The molecule has 0 amide bonds. The van der Waals surface area contributed by atoms with Gasteiger partial charge >= 0.3 is 0 Å². The number of phenols is 1. The zero-order chi connectivity index (χ0) is 18.2. The fourth-order valence-electron chi connectivity index (χ4n) is 4.24. The van der Waals surface area contributed by atoms with Crippen molar-refractivity contribution in [2.45, 2.75) is 76.5 Å². The van der Waals surface area contributed by atoms with Gasteiger partial charge in [-0.3, -0.25) is 0 Å². The highest BCUT2D eigenvalue weighted by atomic mass is 79.9. The zero-order valence-corrected chi connectivity index (χ0v) is 17.3. The van der Waals surface area contributed by atoms with Crippen LogP contribution >= 0.6 is 15.9 Å². The van der Waals surface area contributed by atoms with Crippen LogP contribution in [0.1, 0.15) is 82.1 Å². The Morgan fingerprint density at radius 3 is 1.85 bits per heavy atom. The Kier molecular flexibility index (Phi) is 7.61. The summed E-state index contributed by atoms with van der Waals surface area (Å²) in [4.78, 5) is 0. The van der Waals surface area contributed by atoms with Gasteiger partial charge in [0.05, 0.1) is 0 Å². The first kappa shape index (κ1) is 19.5. The average molecular weight is 415 g/mol. The molecule has 1 N–H and O–H groups in total. The highest BCUT2D eigenvalue weighted by molar-refractivity contribution is 9.10. The van der Waals surface area contributed by atoms with Crippen LogP contribution in [-0.4, -0.2) is 5.11 Å². The van der Waals surface area contributed by atoms with Crippen LogP contribution in [0.2, 0.25) is 0 Å². The molecular formula is C24H31BrO. The molecular weight excluding hydrogens is 384 g/mol. The van der Waals surface area contributed by atoms with Crippen LogP contribution in [0.3, 0.4) is 0 Å². The topological polar surface area (TPSA) is 20.2 Å². The Bertz CT molecular complexity index is 668. The van der Waals surface area contributed by atoms with Crippen LogP contribution in [0.5, 0.6) is 5.75 Å². The Balaban J connectivity index is 1.86. The van der Waals surface area contributed by atoms with Crippen molar-refractivity contribution in [2.75, 3.05) is 0 Å². The van der Waals surface area contributed by atoms with Crippen LogP contribution < -0.4 is 0 Å². The van der Waals surface area contributed by atoms with Gasteiger partial charge in [0.2, 0.25) is 0 Å². The first-order chi connectivity index (χ1) is 12.8. The number of phenolic OH excluding ortho intramolecular Hbond substituents is 1. The maximum Gasteiger partial charge on any atom is 0.126 e. The molecule has 2 heteroatoms. The molecule has 0 radical (unpaired) electrons. The van der Waals surface area contributed by atoms with Gasteiger partial charge in [0.25, 0.3) is 0 Å². The lowest BCUT2D eigenvalue weighted by atomic mass is 9.85. The summed E-state index contributed by atoms with van der Waals surface area (Å²) in [7, 11) is 0. The second-order valence-corrected chi connectivity index (χ2v) is 8.63. The minimum absolute atomic E-state index is 0.467. The van der Waals surface area contributed by atoms with E-state index >= 15 is 0 Å².